The van der Waals surface area contributed by atoms with Gasteiger partial charge in [-0.05, 0) is 48.0 Å². The number of hydrogen-bond donors (Lipinski definition) is 0. The van der Waals surface area contributed by atoms with Crippen LogP contribution in [0.5, 0.6) is 11.5 Å². The molecule has 1 fully saturated rings. The van der Waals surface area contributed by atoms with E-state index in [1.165, 1.54) is 5.56 Å². The predicted octanol–water partition coefficient (Wildman–Crippen LogP) is 2.56. The van der Waals surface area contributed by atoms with Gasteiger partial charge in [0.2, 0.25) is 6.79 Å². The van der Waals surface area contributed by atoms with Gasteiger partial charge in [-0.1, -0.05) is 6.07 Å². The second-order valence-corrected chi connectivity index (χ2v) is 7.25. The molecule has 29 heavy (non-hydrogen) atoms. The van der Waals surface area contributed by atoms with E-state index in [1.54, 1.807) is 10.9 Å². The van der Waals surface area contributed by atoms with Crippen molar-refractivity contribution in [2.24, 2.45) is 0 Å². The highest BCUT2D eigenvalue weighted by atomic mass is 16.7. The maximum atomic E-state index is 12.8. The van der Waals surface area contributed by atoms with Gasteiger partial charge in [0.1, 0.15) is 0 Å². The summed E-state index contributed by atoms with van der Waals surface area (Å²) in [5.74, 6) is 1.71. The van der Waals surface area contributed by atoms with Crippen LogP contribution in [-0.4, -0.2) is 58.5 Å². The molecule has 0 unspecified atom stereocenters. The lowest BCUT2D eigenvalue weighted by Gasteiger charge is -2.34. The van der Waals surface area contributed by atoms with E-state index >= 15 is 0 Å². The molecule has 148 valence electrons. The Morgan fingerprint density at radius 3 is 2.52 bits per heavy atom. The van der Waals surface area contributed by atoms with Crippen LogP contribution in [0, 0.1) is 0 Å². The first-order valence-electron chi connectivity index (χ1n) is 9.76. The van der Waals surface area contributed by atoms with Gasteiger partial charge in [0.15, 0.2) is 11.5 Å². The Bertz CT molecular complexity index is 993. The average Bonchev–Trinajstić information content (AvgIpc) is 3.46. The highest BCUT2D eigenvalue weighted by molar-refractivity contribution is 5.94. The Kier molecular flexibility index (Phi) is 4.65. The Hall–Kier alpha value is -3.32. The summed E-state index contributed by atoms with van der Waals surface area (Å²) in [6.45, 7) is 4.30. The van der Waals surface area contributed by atoms with Crippen molar-refractivity contribution >= 4 is 5.91 Å². The first-order chi connectivity index (χ1) is 14.3. The van der Waals surface area contributed by atoms with Crippen molar-refractivity contribution in [2.75, 3.05) is 33.0 Å². The molecule has 0 bridgehead atoms. The van der Waals surface area contributed by atoms with Crippen LogP contribution in [-0.2, 0) is 6.54 Å². The number of carbonyl (C=O) groups excluding carboxylic acids is 1. The summed E-state index contributed by atoms with van der Waals surface area (Å²) < 4.78 is 12.6. The Morgan fingerprint density at radius 1 is 0.966 bits per heavy atom. The number of amides is 1. The highest BCUT2D eigenvalue weighted by Gasteiger charge is 2.23. The average molecular weight is 390 g/mol. The lowest BCUT2D eigenvalue weighted by Crippen LogP contribution is -2.48. The summed E-state index contributed by atoms with van der Waals surface area (Å²) in [7, 11) is 0. The van der Waals surface area contributed by atoms with Gasteiger partial charge in [-0.15, -0.1) is 0 Å². The zero-order valence-electron chi connectivity index (χ0n) is 16.0. The fourth-order valence-corrected chi connectivity index (χ4v) is 3.77. The first-order valence-corrected chi connectivity index (χ1v) is 9.76. The van der Waals surface area contributed by atoms with Crippen LogP contribution >= 0.6 is 0 Å². The number of rotatable bonds is 4. The van der Waals surface area contributed by atoms with Crippen molar-refractivity contribution < 1.29 is 14.3 Å². The number of hydrogen-bond acceptors (Lipinski definition) is 5. The standard InChI is InChI=1S/C22H22N4O3/c27-22(18-3-5-19(6-4-18)26-9-1-8-23-26)25-12-10-24(11-13-25)15-17-2-7-20-21(14-17)29-16-28-20/h1-9,14H,10-13,15-16H2. The maximum Gasteiger partial charge on any atom is 0.253 e. The van der Waals surface area contributed by atoms with E-state index < -0.39 is 0 Å². The van der Waals surface area contributed by atoms with Crippen molar-refractivity contribution in [1.29, 1.82) is 0 Å². The van der Waals surface area contributed by atoms with E-state index in [2.05, 4.69) is 16.1 Å². The van der Waals surface area contributed by atoms with E-state index in [1.807, 2.05) is 53.6 Å². The van der Waals surface area contributed by atoms with Crippen LogP contribution in [0.2, 0.25) is 0 Å². The zero-order valence-corrected chi connectivity index (χ0v) is 16.0. The molecule has 7 heteroatoms. The minimum atomic E-state index is 0.0831. The van der Waals surface area contributed by atoms with Crippen molar-refractivity contribution in [1.82, 2.24) is 19.6 Å². The van der Waals surface area contributed by atoms with Crippen molar-refractivity contribution in [2.45, 2.75) is 6.54 Å². The van der Waals surface area contributed by atoms with E-state index in [4.69, 9.17) is 9.47 Å². The van der Waals surface area contributed by atoms with Crippen LogP contribution < -0.4 is 9.47 Å². The number of benzene rings is 2. The molecule has 0 spiro atoms. The van der Waals surface area contributed by atoms with Gasteiger partial charge in [0, 0.05) is 50.7 Å². The number of aromatic nitrogens is 2. The van der Waals surface area contributed by atoms with Crippen LogP contribution in [0.25, 0.3) is 5.69 Å². The molecule has 0 radical (unpaired) electrons. The second-order valence-electron chi connectivity index (χ2n) is 7.25. The van der Waals surface area contributed by atoms with Crippen LogP contribution in [0.1, 0.15) is 15.9 Å². The van der Waals surface area contributed by atoms with Crippen LogP contribution in [0.15, 0.2) is 60.9 Å². The number of piperazine rings is 1. The lowest BCUT2D eigenvalue weighted by molar-refractivity contribution is 0.0628. The fraction of sp³-hybridized carbons (Fsp3) is 0.273. The monoisotopic (exact) mass is 390 g/mol. The summed E-state index contributed by atoms with van der Waals surface area (Å²) in [6.07, 6.45) is 3.62. The minimum absolute atomic E-state index is 0.0831. The fourth-order valence-electron chi connectivity index (χ4n) is 3.77. The van der Waals surface area contributed by atoms with E-state index in [0.29, 0.717) is 12.4 Å². The Morgan fingerprint density at radius 2 is 1.76 bits per heavy atom. The molecule has 2 aromatic carbocycles. The van der Waals surface area contributed by atoms with Gasteiger partial charge in [-0.2, -0.15) is 5.10 Å². The number of carbonyl (C=O) groups is 1. The lowest BCUT2D eigenvalue weighted by atomic mass is 10.1. The van der Waals surface area contributed by atoms with E-state index in [9.17, 15) is 4.79 Å². The topological polar surface area (TPSA) is 59.8 Å². The predicted molar refractivity (Wildman–Crippen MR) is 107 cm³/mol. The van der Waals surface area contributed by atoms with Gasteiger partial charge < -0.3 is 14.4 Å². The molecular weight excluding hydrogens is 368 g/mol. The third kappa shape index (κ3) is 3.69. The summed E-state index contributed by atoms with van der Waals surface area (Å²) in [5.41, 5.74) is 2.86. The summed E-state index contributed by atoms with van der Waals surface area (Å²) in [6, 6.07) is 15.6. The van der Waals surface area contributed by atoms with Gasteiger partial charge >= 0.3 is 0 Å². The molecule has 1 amide bonds. The van der Waals surface area contributed by atoms with Crippen molar-refractivity contribution in [3.63, 3.8) is 0 Å². The third-order valence-corrected chi connectivity index (χ3v) is 5.39. The molecule has 0 aliphatic carbocycles. The normalized spacial score (nSPS) is 16.2. The quantitative estimate of drug-likeness (QED) is 0.685. The minimum Gasteiger partial charge on any atom is -0.454 e. The van der Waals surface area contributed by atoms with Gasteiger partial charge in [-0.25, -0.2) is 4.68 Å². The highest BCUT2D eigenvalue weighted by Crippen LogP contribution is 2.32. The molecule has 0 N–H and O–H groups in total. The number of fused-ring (bicyclic) bond motifs is 1. The molecule has 1 aromatic heterocycles. The maximum absolute atomic E-state index is 12.8. The van der Waals surface area contributed by atoms with Gasteiger partial charge in [-0.3, -0.25) is 9.69 Å². The molecule has 0 atom stereocenters. The van der Waals surface area contributed by atoms with Gasteiger partial charge in [0.05, 0.1) is 5.69 Å². The second kappa shape index (κ2) is 7.60. The molecule has 3 aromatic rings. The van der Waals surface area contributed by atoms with Crippen molar-refractivity contribution in [3.05, 3.63) is 72.1 Å². The van der Waals surface area contributed by atoms with Crippen LogP contribution in [0.4, 0.5) is 0 Å². The zero-order chi connectivity index (χ0) is 19.6. The Labute approximate surface area is 169 Å². The number of nitrogens with zero attached hydrogens (tertiary/aromatic N) is 4. The van der Waals surface area contributed by atoms with Crippen LogP contribution in [0.3, 0.4) is 0 Å². The Balaban J connectivity index is 1.17. The summed E-state index contributed by atoms with van der Waals surface area (Å²) in [4.78, 5) is 17.1. The molecule has 3 heterocycles. The van der Waals surface area contributed by atoms with Gasteiger partial charge in [0.25, 0.3) is 5.91 Å². The molecule has 7 nitrogen and oxygen atoms in total. The molecule has 1 saturated heterocycles. The third-order valence-electron chi connectivity index (χ3n) is 5.39. The molecule has 2 aliphatic heterocycles. The molecular formula is C22H22N4O3. The van der Waals surface area contributed by atoms with E-state index in [0.717, 1.165) is 49.9 Å². The molecule has 5 rings (SSSR count). The largest absolute Gasteiger partial charge is 0.454 e. The van der Waals surface area contributed by atoms with Crippen molar-refractivity contribution in [3.8, 4) is 17.2 Å². The summed E-state index contributed by atoms with van der Waals surface area (Å²) in [5, 5.41) is 4.21. The SMILES string of the molecule is O=C(c1ccc(-n2cccn2)cc1)N1CCN(Cc2ccc3c(c2)OCO3)CC1. The van der Waals surface area contributed by atoms with E-state index in [-0.39, 0.29) is 5.91 Å². The number of ether oxygens (including phenoxy) is 2. The molecule has 0 saturated carbocycles. The first kappa shape index (κ1) is 17.8. The smallest absolute Gasteiger partial charge is 0.253 e. The molecule has 2 aliphatic rings. The summed E-state index contributed by atoms with van der Waals surface area (Å²) >= 11 is 0.